The summed E-state index contributed by atoms with van der Waals surface area (Å²) in [6, 6.07) is 16.0. The van der Waals surface area contributed by atoms with Crippen LogP contribution in [-0.4, -0.2) is 28.1 Å². The zero-order valence-corrected chi connectivity index (χ0v) is 15.2. The first-order valence-corrected chi connectivity index (χ1v) is 8.92. The van der Waals surface area contributed by atoms with Crippen molar-refractivity contribution >= 4 is 28.3 Å². The van der Waals surface area contributed by atoms with Gasteiger partial charge in [0.15, 0.2) is 0 Å². The molecule has 1 aromatic heterocycles. The predicted octanol–water partition coefficient (Wildman–Crippen LogP) is 3.27. The SMILES string of the molecule is Cc1ccc(-c2nnc(NC(=O)[C@H](C)NC(=O)c3ccccc3)s2)cc1. The van der Waals surface area contributed by atoms with Gasteiger partial charge in [0.2, 0.25) is 11.0 Å². The molecule has 2 aromatic carbocycles. The lowest BCUT2D eigenvalue weighted by Gasteiger charge is -2.12. The number of nitrogens with zero attached hydrogens (tertiary/aromatic N) is 2. The third-order valence-corrected chi connectivity index (χ3v) is 4.62. The van der Waals surface area contributed by atoms with Gasteiger partial charge in [-0.25, -0.2) is 0 Å². The van der Waals surface area contributed by atoms with E-state index in [9.17, 15) is 9.59 Å². The van der Waals surface area contributed by atoms with Crippen LogP contribution in [0.3, 0.4) is 0 Å². The van der Waals surface area contributed by atoms with Crippen molar-refractivity contribution in [3.05, 3.63) is 65.7 Å². The number of nitrogens with one attached hydrogen (secondary N) is 2. The molecular formula is C19H18N4O2S. The van der Waals surface area contributed by atoms with Crippen molar-refractivity contribution in [2.75, 3.05) is 5.32 Å². The Morgan fingerprint density at radius 1 is 1.00 bits per heavy atom. The molecule has 1 heterocycles. The van der Waals surface area contributed by atoms with Gasteiger partial charge in [0.05, 0.1) is 0 Å². The summed E-state index contributed by atoms with van der Waals surface area (Å²) in [6.07, 6.45) is 0. The Morgan fingerprint density at radius 2 is 1.69 bits per heavy atom. The van der Waals surface area contributed by atoms with Crippen molar-refractivity contribution < 1.29 is 9.59 Å². The molecule has 7 heteroatoms. The summed E-state index contributed by atoms with van der Waals surface area (Å²) in [5.74, 6) is -0.647. The van der Waals surface area contributed by atoms with Gasteiger partial charge in [-0.05, 0) is 26.0 Å². The predicted molar refractivity (Wildman–Crippen MR) is 102 cm³/mol. The summed E-state index contributed by atoms with van der Waals surface area (Å²) >= 11 is 1.29. The Labute approximate surface area is 155 Å². The second-order valence-electron chi connectivity index (χ2n) is 5.83. The minimum atomic E-state index is -0.700. The van der Waals surface area contributed by atoms with E-state index >= 15 is 0 Å². The van der Waals surface area contributed by atoms with Crippen LogP contribution in [-0.2, 0) is 4.79 Å². The van der Waals surface area contributed by atoms with E-state index in [0.29, 0.717) is 10.7 Å². The zero-order valence-electron chi connectivity index (χ0n) is 14.4. The van der Waals surface area contributed by atoms with Gasteiger partial charge in [0.1, 0.15) is 11.0 Å². The van der Waals surface area contributed by atoms with E-state index < -0.39 is 6.04 Å². The molecular weight excluding hydrogens is 348 g/mol. The number of anilines is 1. The number of aromatic nitrogens is 2. The molecule has 26 heavy (non-hydrogen) atoms. The van der Waals surface area contributed by atoms with Gasteiger partial charge in [0.25, 0.3) is 5.91 Å². The van der Waals surface area contributed by atoms with E-state index in [1.807, 2.05) is 37.3 Å². The Hall–Kier alpha value is -3.06. The fourth-order valence-electron chi connectivity index (χ4n) is 2.24. The van der Waals surface area contributed by atoms with Crippen molar-refractivity contribution in [1.82, 2.24) is 15.5 Å². The first-order chi connectivity index (χ1) is 12.5. The van der Waals surface area contributed by atoms with Gasteiger partial charge in [-0.1, -0.05) is 59.4 Å². The normalized spacial score (nSPS) is 11.6. The van der Waals surface area contributed by atoms with Gasteiger partial charge in [-0.2, -0.15) is 0 Å². The molecule has 0 saturated heterocycles. The Bertz CT molecular complexity index is 907. The van der Waals surface area contributed by atoms with E-state index in [2.05, 4.69) is 20.8 Å². The first kappa shape index (κ1) is 17.8. The van der Waals surface area contributed by atoms with Crippen molar-refractivity contribution in [3.8, 4) is 10.6 Å². The molecule has 1 atom stereocenters. The maximum absolute atomic E-state index is 12.3. The third kappa shape index (κ3) is 4.31. The molecule has 0 aliphatic heterocycles. The van der Waals surface area contributed by atoms with E-state index in [1.165, 1.54) is 11.3 Å². The van der Waals surface area contributed by atoms with E-state index in [1.54, 1.807) is 31.2 Å². The molecule has 0 aliphatic carbocycles. The second kappa shape index (κ2) is 7.88. The summed E-state index contributed by atoms with van der Waals surface area (Å²) in [7, 11) is 0. The average Bonchev–Trinajstić information content (AvgIpc) is 3.11. The van der Waals surface area contributed by atoms with Crippen LogP contribution in [0.2, 0.25) is 0 Å². The maximum atomic E-state index is 12.3. The van der Waals surface area contributed by atoms with Gasteiger partial charge >= 0.3 is 0 Å². The van der Waals surface area contributed by atoms with Crippen LogP contribution in [0.1, 0.15) is 22.8 Å². The number of hydrogen-bond acceptors (Lipinski definition) is 5. The lowest BCUT2D eigenvalue weighted by Crippen LogP contribution is -2.41. The number of carbonyl (C=O) groups is 2. The van der Waals surface area contributed by atoms with Gasteiger partial charge in [0, 0.05) is 11.1 Å². The fraction of sp³-hybridized carbons (Fsp3) is 0.158. The summed E-state index contributed by atoms with van der Waals surface area (Å²) in [4.78, 5) is 24.4. The van der Waals surface area contributed by atoms with Crippen molar-refractivity contribution in [3.63, 3.8) is 0 Å². The second-order valence-corrected chi connectivity index (χ2v) is 6.81. The molecule has 0 unspecified atom stereocenters. The number of aryl methyl sites for hydroxylation is 1. The Morgan fingerprint density at radius 3 is 2.38 bits per heavy atom. The van der Waals surface area contributed by atoms with Gasteiger partial charge in [-0.3, -0.25) is 14.9 Å². The van der Waals surface area contributed by atoms with Crippen LogP contribution < -0.4 is 10.6 Å². The molecule has 0 bridgehead atoms. The minimum Gasteiger partial charge on any atom is -0.341 e. The standard InChI is InChI=1S/C19H18N4O2S/c1-12-8-10-15(11-9-12)18-22-23-19(26-18)21-16(24)13(2)20-17(25)14-6-4-3-5-7-14/h3-11,13H,1-2H3,(H,20,25)(H,21,23,24)/t13-/m0/s1. The third-order valence-electron chi connectivity index (χ3n) is 3.73. The molecule has 0 saturated carbocycles. The highest BCUT2D eigenvalue weighted by atomic mass is 32.1. The monoisotopic (exact) mass is 366 g/mol. The summed E-state index contributed by atoms with van der Waals surface area (Å²) in [5, 5.41) is 14.6. The van der Waals surface area contributed by atoms with Crippen molar-refractivity contribution in [1.29, 1.82) is 0 Å². The quantitative estimate of drug-likeness (QED) is 0.726. The van der Waals surface area contributed by atoms with Crippen LogP contribution in [0.4, 0.5) is 5.13 Å². The van der Waals surface area contributed by atoms with Crippen LogP contribution in [0, 0.1) is 6.92 Å². The van der Waals surface area contributed by atoms with Crippen LogP contribution in [0.5, 0.6) is 0 Å². The summed E-state index contributed by atoms with van der Waals surface area (Å²) in [5.41, 5.74) is 2.61. The number of benzene rings is 2. The molecule has 2 N–H and O–H groups in total. The van der Waals surface area contributed by atoms with E-state index in [4.69, 9.17) is 0 Å². The minimum absolute atomic E-state index is 0.300. The largest absolute Gasteiger partial charge is 0.341 e. The first-order valence-electron chi connectivity index (χ1n) is 8.10. The number of carbonyl (C=O) groups excluding carboxylic acids is 2. The molecule has 0 spiro atoms. The average molecular weight is 366 g/mol. The highest BCUT2D eigenvalue weighted by Gasteiger charge is 2.18. The smallest absolute Gasteiger partial charge is 0.251 e. The van der Waals surface area contributed by atoms with Crippen LogP contribution >= 0.6 is 11.3 Å². The molecule has 0 radical (unpaired) electrons. The molecule has 3 aromatic rings. The van der Waals surface area contributed by atoms with Crippen LogP contribution in [0.25, 0.3) is 10.6 Å². The Kier molecular flexibility index (Phi) is 5.38. The number of hydrogen-bond donors (Lipinski definition) is 2. The lowest BCUT2D eigenvalue weighted by atomic mass is 10.2. The number of rotatable bonds is 5. The topological polar surface area (TPSA) is 84.0 Å². The van der Waals surface area contributed by atoms with Gasteiger partial charge in [-0.15, -0.1) is 10.2 Å². The molecule has 6 nitrogen and oxygen atoms in total. The maximum Gasteiger partial charge on any atom is 0.251 e. The van der Waals surface area contributed by atoms with E-state index in [-0.39, 0.29) is 11.8 Å². The molecule has 2 amide bonds. The van der Waals surface area contributed by atoms with Crippen molar-refractivity contribution in [2.24, 2.45) is 0 Å². The highest BCUT2D eigenvalue weighted by Crippen LogP contribution is 2.26. The summed E-state index contributed by atoms with van der Waals surface area (Å²) < 4.78 is 0. The molecule has 0 aliphatic rings. The fourth-order valence-corrected chi connectivity index (χ4v) is 2.99. The van der Waals surface area contributed by atoms with E-state index in [0.717, 1.165) is 16.1 Å². The molecule has 3 rings (SSSR count). The highest BCUT2D eigenvalue weighted by molar-refractivity contribution is 7.18. The Balaban J connectivity index is 1.61. The van der Waals surface area contributed by atoms with Crippen molar-refractivity contribution in [2.45, 2.75) is 19.9 Å². The summed E-state index contributed by atoms with van der Waals surface area (Å²) in [6.45, 7) is 3.64. The van der Waals surface area contributed by atoms with Gasteiger partial charge < -0.3 is 5.32 Å². The zero-order chi connectivity index (χ0) is 18.5. The molecule has 132 valence electrons. The lowest BCUT2D eigenvalue weighted by molar-refractivity contribution is -0.117. The molecule has 0 fully saturated rings. The number of amides is 2. The van der Waals surface area contributed by atoms with Crippen LogP contribution in [0.15, 0.2) is 54.6 Å².